The fraction of sp³-hybridized carbons (Fsp3) is 0.357. The van der Waals surface area contributed by atoms with Gasteiger partial charge in [-0.15, -0.1) is 0 Å². The van der Waals surface area contributed by atoms with Crippen molar-refractivity contribution in [3.8, 4) is 0 Å². The molecule has 1 aromatic carbocycles. The predicted octanol–water partition coefficient (Wildman–Crippen LogP) is 3.72. The number of nitrogens with one attached hydrogen (secondary N) is 1. The number of imidazole rings is 1. The van der Waals surface area contributed by atoms with Gasteiger partial charge in [0.25, 0.3) is 0 Å². The molecule has 1 N–H and O–H groups in total. The molecule has 0 spiro atoms. The van der Waals surface area contributed by atoms with Crippen LogP contribution in [0.4, 0.5) is 0 Å². The molecule has 0 saturated heterocycles. The van der Waals surface area contributed by atoms with Gasteiger partial charge in [0.1, 0.15) is 0 Å². The van der Waals surface area contributed by atoms with Crippen LogP contribution >= 0.6 is 12.2 Å². The molecule has 0 aliphatic rings. The molecule has 0 radical (unpaired) electrons. The second-order valence-corrected chi connectivity index (χ2v) is 4.58. The van der Waals surface area contributed by atoms with Crippen molar-refractivity contribution < 1.29 is 0 Å². The van der Waals surface area contributed by atoms with E-state index in [0.717, 1.165) is 24.2 Å². The summed E-state index contributed by atoms with van der Waals surface area (Å²) in [5.41, 5.74) is 3.93. The Morgan fingerprint density at radius 1 is 1.06 bits per heavy atom. The highest BCUT2D eigenvalue weighted by Crippen LogP contribution is 2.10. The summed E-state index contributed by atoms with van der Waals surface area (Å²) in [6.45, 7) is 5.18. The smallest absolute Gasteiger partial charge is 0.177 e. The van der Waals surface area contributed by atoms with Crippen LogP contribution in [0.2, 0.25) is 0 Å². The second kappa shape index (κ2) is 5.32. The Hall–Kier alpha value is -1.35. The fourth-order valence-corrected chi connectivity index (χ4v) is 2.20. The molecule has 2 rings (SSSR count). The standard InChI is InChI=1S/C14H18N2S/c1-3-11-5-7-12(8-6-11)10-16-13(4-2)9-15-14(16)17/h5-9H,3-4,10H2,1-2H3,(H,15,17). The Labute approximate surface area is 107 Å². The monoisotopic (exact) mass is 246 g/mol. The lowest BCUT2D eigenvalue weighted by atomic mass is 10.1. The zero-order chi connectivity index (χ0) is 12.3. The Bertz CT molecular complexity index is 534. The fourth-order valence-electron chi connectivity index (χ4n) is 1.96. The molecule has 0 unspecified atom stereocenters. The minimum absolute atomic E-state index is 0.807. The normalized spacial score (nSPS) is 10.7. The van der Waals surface area contributed by atoms with Gasteiger partial charge in [-0.1, -0.05) is 38.1 Å². The lowest BCUT2D eigenvalue weighted by Gasteiger charge is -2.07. The van der Waals surface area contributed by atoms with Crippen LogP contribution in [-0.4, -0.2) is 9.55 Å². The van der Waals surface area contributed by atoms with E-state index in [-0.39, 0.29) is 0 Å². The van der Waals surface area contributed by atoms with Crippen molar-refractivity contribution in [2.75, 3.05) is 0 Å². The van der Waals surface area contributed by atoms with Crippen LogP contribution < -0.4 is 0 Å². The topological polar surface area (TPSA) is 20.7 Å². The molecule has 0 bridgehead atoms. The van der Waals surface area contributed by atoms with Crippen LogP contribution in [0.15, 0.2) is 30.5 Å². The van der Waals surface area contributed by atoms with Crippen LogP contribution in [0.5, 0.6) is 0 Å². The summed E-state index contributed by atoms with van der Waals surface area (Å²) >= 11 is 5.29. The van der Waals surface area contributed by atoms with Gasteiger partial charge < -0.3 is 9.55 Å². The SMILES string of the molecule is CCc1ccc(Cn2c(CC)c[nH]c2=S)cc1. The minimum atomic E-state index is 0.807. The molecule has 0 saturated carbocycles. The third-order valence-corrected chi connectivity index (χ3v) is 3.43. The summed E-state index contributed by atoms with van der Waals surface area (Å²) in [5.74, 6) is 0. The van der Waals surface area contributed by atoms with Gasteiger partial charge in [-0.2, -0.15) is 0 Å². The van der Waals surface area contributed by atoms with Gasteiger partial charge in [-0.3, -0.25) is 0 Å². The van der Waals surface area contributed by atoms with E-state index >= 15 is 0 Å². The Balaban J connectivity index is 2.24. The molecule has 2 aromatic rings. The maximum Gasteiger partial charge on any atom is 0.177 e. The minimum Gasteiger partial charge on any atom is -0.337 e. The summed E-state index contributed by atoms with van der Waals surface area (Å²) in [7, 11) is 0. The Morgan fingerprint density at radius 2 is 1.71 bits per heavy atom. The summed E-state index contributed by atoms with van der Waals surface area (Å²) in [6, 6.07) is 8.76. The van der Waals surface area contributed by atoms with Gasteiger partial charge in [0.05, 0.1) is 6.54 Å². The number of aromatic nitrogens is 2. The first-order valence-electron chi connectivity index (χ1n) is 6.09. The van der Waals surface area contributed by atoms with Gasteiger partial charge in [-0.05, 0) is 36.2 Å². The largest absolute Gasteiger partial charge is 0.337 e. The van der Waals surface area contributed by atoms with Crippen molar-refractivity contribution in [3.05, 3.63) is 52.1 Å². The molecule has 1 aromatic heterocycles. The maximum absolute atomic E-state index is 5.29. The lowest BCUT2D eigenvalue weighted by Crippen LogP contribution is -2.03. The van der Waals surface area contributed by atoms with Crippen LogP contribution in [0.25, 0.3) is 0 Å². The van der Waals surface area contributed by atoms with E-state index in [1.54, 1.807) is 0 Å². The molecule has 90 valence electrons. The summed E-state index contributed by atoms with van der Waals surface area (Å²) < 4.78 is 2.97. The molecular weight excluding hydrogens is 228 g/mol. The second-order valence-electron chi connectivity index (χ2n) is 4.19. The molecule has 0 aliphatic heterocycles. The van der Waals surface area contributed by atoms with Crippen molar-refractivity contribution in [2.45, 2.75) is 33.2 Å². The number of rotatable bonds is 4. The quantitative estimate of drug-likeness (QED) is 0.815. The first-order valence-corrected chi connectivity index (χ1v) is 6.50. The molecule has 0 atom stereocenters. The third kappa shape index (κ3) is 2.67. The predicted molar refractivity (Wildman–Crippen MR) is 73.9 cm³/mol. The highest BCUT2D eigenvalue weighted by atomic mass is 32.1. The number of aryl methyl sites for hydroxylation is 2. The van der Waals surface area contributed by atoms with E-state index in [4.69, 9.17) is 12.2 Å². The van der Waals surface area contributed by atoms with E-state index in [1.165, 1.54) is 16.8 Å². The Kier molecular flexibility index (Phi) is 3.79. The highest BCUT2D eigenvalue weighted by molar-refractivity contribution is 7.71. The summed E-state index contributed by atoms with van der Waals surface area (Å²) in [6.07, 6.45) is 4.09. The first kappa shape index (κ1) is 12.1. The van der Waals surface area contributed by atoms with E-state index in [2.05, 4.69) is 47.7 Å². The summed E-state index contributed by atoms with van der Waals surface area (Å²) in [5, 5.41) is 0. The van der Waals surface area contributed by atoms with E-state index in [9.17, 15) is 0 Å². The van der Waals surface area contributed by atoms with Crippen molar-refractivity contribution in [1.29, 1.82) is 0 Å². The lowest BCUT2D eigenvalue weighted by molar-refractivity contribution is 0.736. The molecule has 0 fully saturated rings. The van der Waals surface area contributed by atoms with E-state index in [0.29, 0.717) is 0 Å². The molecule has 2 nitrogen and oxygen atoms in total. The molecule has 3 heteroatoms. The Morgan fingerprint density at radius 3 is 2.29 bits per heavy atom. The van der Waals surface area contributed by atoms with Crippen molar-refractivity contribution in [1.82, 2.24) is 9.55 Å². The van der Waals surface area contributed by atoms with Crippen molar-refractivity contribution in [3.63, 3.8) is 0 Å². The number of H-pyrrole nitrogens is 1. The van der Waals surface area contributed by atoms with Gasteiger partial charge in [0, 0.05) is 11.9 Å². The van der Waals surface area contributed by atoms with Crippen LogP contribution in [-0.2, 0) is 19.4 Å². The third-order valence-electron chi connectivity index (χ3n) is 3.09. The van der Waals surface area contributed by atoms with Crippen LogP contribution in [0.3, 0.4) is 0 Å². The van der Waals surface area contributed by atoms with E-state index < -0.39 is 0 Å². The molecule has 17 heavy (non-hydrogen) atoms. The van der Waals surface area contributed by atoms with Gasteiger partial charge in [0.15, 0.2) is 4.77 Å². The van der Waals surface area contributed by atoms with Gasteiger partial charge in [-0.25, -0.2) is 0 Å². The molecule has 1 heterocycles. The number of hydrogen-bond acceptors (Lipinski definition) is 1. The average molecular weight is 246 g/mol. The molecular formula is C14H18N2S. The highest BCUT2D eigenvalue weighted by Gasteiger charge is 2.02. The number of benzene rings is 1. The zero-order valence-electron chi connectivity index (χ0n) is 10.4. The molecule has 0 amide bonds. The first-order chi connectivity index (χ1) is 8.24. The average Bonchev–Trinajstić information content (AvgIpc) is 2.71. The van der Waals surface area contributed by atoms with E-state index in [1.807, 2.05) is 6.20 Å². The maximum atomic E-state index is 5.29. The number of nitrogens with zero attached hydrogens (tertiary/aromatic N) is 1. The van der Waals surface area contributed by atoms with Gasteiger partial charge in [0.2, 0.25) is 0 Å². The number of aromatic amines is 1. The zero-order valence-corrected chi connectivity index (χ0v) is 11.2. The van der Waals surface area contributed by atoms with Crippen molar-refractivity contribution in [2.24, 2.45) is 0 Å². The van der Waals surface area contributed by atoms with Crippen molar-refractivity contribution >= 4 is 12.2 Å². The molecule has 0 aliphatic carbocycles. The summed E-state index contributed by atoms with van der Waals surface area (Å²) in [4.78, 5) is 3.11. The number of hydrogen-bond donors (Lipinski definition) is 1. The van der Waals surface area contributed by atoms with Gasteiger partial charge >= 0.3 is 0 Å². The van der Waals surface area contributed by atoms with Crippen LogP contribution in [0, 0.1) is 4.77 Å². The van der Waals surface area contributed by atoms with Crippen LogP contribution in [0.1, 0.15) is 30.7 Å².